The van der Waals surface area contributed by atoms with Crippen LogP contribution in [0.1, 0.15) is 44.0 Å². The fourth-order valence-electron chi connectivity index (χ4n) is 1.56. The number of hydrogen-bond donors (Lipinski definition) is 1. The Morgan fingerprint density at radius 1 is 1.27 bits per heavy atom. The van der Waals surface area contributed by atoms with Gasteiger partial charge < -0.3 is 4.74 Å². The number of Topliss-reactive ketones (excluding diaryl/α,β-unsaturated/α-hetero) is 1. The Morgan fingerprint density at radius 2 is 1.95 bits per heavy atom. The van der Waals surface area contributed by atoms with Gasteiger partial charge in [-0.1, -0.05) is 12.1 Å². The zero-order valence-electron chi connectivity index (χ0n) is 13.0. The molecule has 0 unspecified atom stereocenters. The minimum absolute atomic E-state index is 0.0521. The number of ether oxygens (including phenoxy) is 1. The van der Waals surface area contributed by atoms with Crippen LogP contribution < -0.4 is 9.46 Å². The summed E-state index contributed by atoms with van der Waals surface area (Å²) in [6, 6.07) is 6.76. The van der Waals surface area contributed by atoms with Crippen molar-refractivity contribution in [1.82, 2.24) is 4.72 Å². The summed E-state index contributed by atoms with van der Waals surface area (Å²) in [6.07, 6.45) is 0.433. The van der Waals surface area contributed by atoms with Crippen LogP contribution in [0.15, 0.2) is 24.3 Å². The number of amides is 1. The van der Waals surface area contributed by atoms with Gasteiger partial charge in [-0.3, -0.25) is 14.3 Å². The highest BCUT2D eigenvalue weighted by Crippen LogP contribution is 2.14. The number of rotatable bonds is 8. The zero-order chi connectivity index (χ0) is 16.8. The van der Waals surface area contributed by atoms with Gasteiger partial charge in [0.25, 0.3) is 0 Å². The third kappa shape index (κ3) is 5.85. The lowest BCUT2D eigenvalue weighted by molar-refractivity contribution is -0.119. The lowest BCUT2D eigenvalue weighted by Crippen LogP contribution is -2.35. The summed E-state index contributed by atoms with van der Waals surface area (Å²) in [5.41, 5.74) is 0.554. The van der Waals surface area contributed by atoms with Crippen LogP contribution in [0.5, 0.6) is 5.75 Å². The van der Waals surface area contributed by atoms with Crippen LogP contribution >= 0.6 is 0 Å². The van der Waals surface area contributed by atoms with Crippen LogP contribution in [0.4, 0.5) is 0 Å². The van der Waals surface area contributed by atoms with E-state index in [-0.39, 0.29) is 18.8 Å². The van der Waals surface area contributed by atoms with Crippen molar-refractivity contribution in [3.63, 3.8) is 0 Å². The maximum absolute atomic E-state index is 11.5. The van der Waals surface area contributed by atoms with Crippen molar-refractivity contribution in [3.8, 4) is 5.75 Å². The molecular weight excluding hydrogens is 306 g/mol. The van der Waals surface area contributed by atoms with Crippen molar-refractivity contribution in [2.75, 3.05) is 6.61 Å². The van der Waals surface area contributed by atoms with Gasteiger partial charge in [-0.2, -0.15) is 0 Å². The Kier molecular flexibility index (Phi) is 6.55. The quantitative estimate of drug-likeness (QED) is 0.582. The monoisotopic (exact) mass is 327 g/mol. The van der Waals surface area contributed by atoms with Gasteiger partial charge in [0.2, 0.25) is 15.9 Å². The molecule has 0 radical (unpaired) electrons. The highest BCUT2D eigenvalue weighted by molar-refractivity contribution is 7.90. The molecular formula is C15H21NO5S. The minimum Gasteiger partial charge on any atom is -0.494 e. The van der Waals surface area contributed by atoms with Gasteiger partial charge in [-0.05, 0) is 39.3 Å². The number of benzene rings is 1. The summed E-state index contributed by atoms with van der Waals surface area (Å²) < 4.78 is 30.5. The Bertz CT molecular complexity index is 637. The average Bonchev–Trinajstić information content (AvgIpc) is 2.43. The second-order valence-electron chi connectivity index (χ2n) is 5.16. The molecule has 7 heteroatoms. The summed E-state index contributed by atoms with van der Waals surface area (Å²) in [6.45, 7) is 4.73. The van der Waals surface area contributed by atoms with Crippen LogP contribution in [0, 0.1) is 0 Å². The Morgan fingerprint density at radius 3 is 2.55 bits per heavy atom. The van der Waals surface area contributed by atoms with E-state index >= 15 is 0 Å². The molecule has 0 aliphatic carbocycles. The molecule has 1 rings (SSSR count). The van der Waals surface area contributed by atoms with Gasteiger partial charge >= 0.3 is 0 Å². The second kappa shape index (κ2) is 7.93. The first kappa shape index (κ1) is 18.2. The smallest absolute Gasteiger partial charge is 0.237 e. The molecule has 6 nitrogen and oxygen atoms in total. The average molecular weight is 327 g/mol. The highest BCUT2D eigenvalue weighted by atomic mass is 32.2. The predicted octanol–water partition coefficient (Wildman–Crippen LogP) is 1.90. The van der Waals surface area contributed by atoms with Crippen LogP contribution in [0.3, 0.4) is 0 Å². The van der Waals surface area contributed by atoms with Crippen LogP contribution in [0.2, 0.25) is 0 Å². The van der Waals surface area contributed by atoms with Gasteiger partial charge in [0.05, 0.1) is 11.9 Å². The molecule has 0 atom stereocenters. The van der Waals surface area contributed by atoms with Crippen molar-refractivity contribution < 1.29 is 22.7 Å². The van der Waals surface area contributed by atoms with Gasteiger partial charge in [-0.15, -0.1) is 0 Å². The molecule has 0 saturated carbocycles. The lowest BCUT2D eigenvalue weighted by Gasteiger charge is -2.10. The lowest BCUT2D eigenvalue weighted by atomic mass is 10.1. The fraction of sp³-hybridized carbons (Fsp3) is 0.467. The van der Waals surface area contributed by atoms with E-state index in [1.807, 2.05) is 4.72 Å². The number of carbonyl (C=O) groups excluding carboxylic acids is 2. The third-order valence-corrected chi connectivity index (χ3v) is 4.69. The SMILES string of the molecule is CC(=O)c1cccc(OCCCC(=O)NS(=O)(=O)C(C)C)c1. The van der Waals surface area contributed by atoms with Crippen LogP contribution in [0.25, 0.3) is 0 Å². The number of ketones is 1. The van der Waals surface area contributed by atoms with Crippen LogP contribution in [-0.4, -0.2) is 32.0 Å². The second-order valence-corrected chi connectivity index (χ2v) is 7.39. The minimum atomic E-state index is -3.58. The van der Waals surface area contributed by atoms with Crippen molar-refractivity contribution in [2.24, 2.45) is 0 Å². The largest absolute Gasteiger partial charge is 0.494 e. The Hall–Kier alpha value is -1.89. The molecule has 0 aromatic heterocycles. The number of nitrogens with one attached hydrogen (secondary N) is 1. The van der Waals surface area contributed by atoms with Gasteiger partial charge in [0.1, 0.15) is 5.75 Å². The Balaban J connectivity index is 2.38. The predicted molar refractivity (Wildman–Crippen MR) is 83.4 cm³/mol. The van der Waals surface area contributed by atoms with E-state index < -0.39 is 21.2 Å². The van der Waals surface area contributed by atoms with E-state index in [0.29, 0.717) is 17.7 Å². The third-order valence-electron chi connectivity index (χ3n) is 2.93. The van der Waals surface area contributed by atoms with Crippen molar-refractivity contribution in [2.45, 2.75) is 38.9 Å². The first-order valence-electron chi connectivity index (χ1n) is 7.00. The zero-order valence-corrected chi connectivity index (χ0v) is 13.8. The number of hydrogen-bond acceptors (Lipinski definition) is 5. The van der Waals surface area contributed by atoms with E-state index in [9.17, 15) is 18.0 Å². The summed E-state index contributed by atoms with van der Waals surface area (Å²) in [4.78, 5) is 22.8. The summed E-state index contributed by atoms with van der Waals surface area (Å²) >= 11 is 0. The van der Waals surface area contributed by atoms with Gasteiger partial charge in [0, 0.05) is 12.0 Å². The van der Waals surface area contributed by atoms with Gasteiger partial charge in [0.15, 0.2) is 5.78 Å². The molecule has 0 fully saturated rings. The summed E-state index contributed by atoms with van der Waals surface area (Å²) in [7, 11) is -3.58. The topological polar surface area (TPSA) is 89.5 Å². The van der Waals surface area contributed by atoms with Crippen molar-refractivity contribution in [3.05, 3.63) is 29.8 Å². The molecule has 0 spiro atoms. The van der Waals surface area contributed by atoms with Crippen molar-refractivity contribution in [1.29, 1.82) is 0 Å². The molecule has 0 bridgehead atoms. The maximum atomic E-state index is 11.5. The molecule has 0 saturated heterocycles. The molecule has 1 amide bonds. The van der Waals surface area contributed by atoms with E-state index in [1.54, 1.807) is 24.3 Å². The van der Waals surface area contributed by atoms with Crippen molar-refractivity contribution >= 4 is 21.7 Å². The molecule has 1 aromatic carbocycles. The summed E-state index contributed by atoms with van der Waals surface area (Å²) in [5, 5.41) is -0.651. The molecule has 22 heavy (non-hydrogen) atoms. The van der Waals surface area contributed by atoms with E-state index in [1.165, 1.54) is 20.8 Å². The molecule has 0 heterocycles. The van der Waals surface area contributed by atoms with E-state index in [2.05, 4.69) is 0 Å². The molecule has 0 aliphatic rings. The van der Waals surface area contributed by atoms with E-state index in [0.717, 1.165) is 0 Å². The van der Waals surface area contributed by atoms with Gasteiger partial charge in [-0.25, -0.2) is 8.42 Å². The highest BCUT2D eigenvalue weighted by Gasteiger charge is 2.18. The van der Waals surface area contributed by atoms with E-state index in [4.69, 9.17) is 4.74 Å². The summed E-state index contributed by atoms with van der Waals surface area (Å²) in [5.74, 6) is -0.0542. The molecule has 1 N–H and O–H groups in total. The fourth-order valence-corrected chi connectivity index (χ4v) is 2.21. The number of carbonyl (C=O) groups is 2. The standard InChI is InChI=1S/C15H21NO5S/c1-11(2)22(19,20)16-15(18)8-5-9-21-14-7-4-6-13(10-14)12(3)17/h4,6-7,10-11H,5,8-9H2,1-3H3,(H,16,18). The first-order valence-corrected chi connectivity index (χ1v) is 8.55. The number of sulfonamides is 1. The Labute approximate surface area is 130 Å². The molecule has 122 valence electrons. The molecule has 1 aromatic rings. The molecule has 0 aliphatic heterocycles. The first-order chi connectivity index (χ1) is 10.2. The normalized spacial score (nSPS) is 11.3. The maximum Gasteiger partial charge on any atom is 0.237 e. The van der Waals surface area contributed by atoms with Crippen LogP contribution in [-0.2, 0) is 14.8 Å².